The lowest BCUT2D eigenvalue weighted by Crippen LogP contribution is -2.17. The van der Waals surface area contributed by atoms with E-state index in [0.29, 0.717) is 15.6 Å². The van der Waals surface area contributed by atoms with Crippen LogP contribution in [0.4, 0.5) is 0 Å². The fraction of sp³-hybridized carbons (Fsp3) is 0.750. The predicted molar refractivity (Wildman–Crippen MR) is 118 cm³/mol. The average Bonchev–Trinajstić information content (AvgIpc) is 2.54. The van der Waals surface area contributed by atoms with Crippen LogP contribution >= 0.6 is 58.8 Å². The molecule has 0 fully saturated rings. The van der Waals surface area contributed by atoms with Crippen LogP contribution < -0.4 is 17.2 Å². The first kappa shape index (κ1) is 23.2. The van der Waals surface area contributed by atoms with Gasteiger partial charge < -0.3 is 17.2 Å². The summed E-state index contributed by atoms with van der Waals surface area (Å²) in [5.74, 6) is 5.85. The highest BCUT2D eigenvalue weighted by atomic mass is 32.2. The maximum atomic E-state index is 7.22. The maximum absolute atomic E-state index is 7.22. The van der Waals surface area contributed by atoms with Gasteiger partial charge in [0.2, 0.25) is 0 Å². The van der Waals surface area contributed by atoms with Crippen molar-refractivity contribution >= 4 is 74.3 Å². The minimum absolute atomic E-state index is 0.181. The number of nitrogens with zero attached hydrogens (tertiary/aromatic N) is 2. The van der Waals surface area contributed by atoms with Crippen molar-refractivity contribution in [3.8, 4) is 0 Å². The van der Waals surface area contributed by atoms with Crippen molar-refractivity contribution in [1.29, 1.82) is 5.41 Å². The number of nitrogens with two attached hydrogens (primary N) is 3. The molecule has 0 saturated carbocycles. The largest absolute Gasteiger partial charge is 0.379 e. The molecule has 0 spiro atoms. The number of rotatable bonds is 11. The van der Waals surface area contributed by atoms with Crippen LogP contribution in [0.3, 0.4) is 0 Å². The van der Waals surface area contributed by atoms with Gasteiger partial charge in [-0.25, -0.2) is 0 Å². The molecule has 1 atom stereocenters. The summed E-state index contributed by atoms with van der Waals surface area (Å²) in [5.41, 5.74) is 16.8. The molecule has 7 N–H and O–H groups in total. The molecule has 0 aromatic carbocycles. The first-order valence-electron chi connectivity index (χ1n) is 6.85. The Labute approximate surface area is 160 Å². The van der Waals surface area contributed by atoms with Gasteiger partial charge in [-0.15, -0.1) is 0 Å². The summed E-state index contributed by atoms with van der Waals surface area (Å²) in [6.07, 6.45) is 0. The highest BCUT2D eigenvalue weighted by Crippen LogP contribution is 2.22. The summed E-state index contributed by atoms with van der Waals surface area (Å²) in [7, 11) is 3.41. The lowest BCUT2D eigenvalue weighted by Gasteiger charge is -2.15. The van der Waals surface area contributed by atoms with Crippen molar-refractivity contribution in [2.45, 2.75) is 5.25 Å². The van der Waals surface area contributed by atoms with Gasteiger partial charge in [-0.2, -0.15) is 23.5 Å². The molecule has 0 amide bonds. The van der Waals surface area contributed by atoms with Crippen LogP contribution in [0.25, 0.3) is 0 Å². The zero-order chi connectivity index (χ0) is 17.5. The summed E-state index contributed by atoms with van der Waals surface area (Å²) in [6.45, 7) is 0. The summed E-state index contributed by atoms with van der Waals surface area (Å²) < 4.78 is 0. The van der Waals surface area contributed by atoms with Gasteiger partial charge in [0.25, 0.3) is 0 Å². The molecule has 6 nitrogen and oxygen atoms in total. The minimum atomic E-state index is 0.181. The van der Waals surface area contributed by atoms with E-state index in [1.54, 1.807) is 37.6 Å². The van der Waals surface area contributed by atoms with Crippen LogP contribution in [0.15, 0.2) is 9.98 Å². The van der Waals surface area contributed by atoms with E-state index in [-0.39, 0.29) is 5.17 Å². The van der Waals surface area contributed by atoms with E-state index < -0.39 is 0 Å². The first-order chi connectivity index (χ1) is 11.0. The molecule has 134 valence electrons. The van der Waals surface area contributed by atoms with Gasteiger partial charge in [0.05, 0.1) is 0 Å². The summed E-state index contributed by atoms with van der Waals surface area (Å²) in [4.78, 5) is 7.91. The number of hydrogen-bond donors (Lipinski definition) is 4. The average molecular weight is 415 g/mol. The highest BCUT2D eigenvalue weighted by Gasteiger charge is 2.11. The van der Waals surface area contributed by atoms with Gasteiger partial charge in [0.15, 0.2) is 15.5 Å². The molecule has 1 unspecified atom stereocenters. The van der Waals surface area contributed by atoms with Gasteiger partial charge in [-0.3, -0.25) is 15.4 Å². The topological polar surface area (TPSA) is 127 Å². The molecule has 0 radical (unpaired) electrons. The fourth-order valence-corrected chi connectivity index (χ4v) is 6.22. The first-order valence-corrected chi connectivity index (χ1v) is 12.0. The van der Waals surface area contributed by atoms with E-state index in [0.717, 1.165) is 34.5 Å². The Bertz CT molecular complexity index is 390. The molecule has 0 heterocycles. The lowest BCUT2D eigenvalue weighted by molar-refractivity contribution is 1.15. The quantitative estimate of drug-likeness (QED) is 0.229. The minimum Gasteiger partial charge on any atom is -0.379 e. The second kappa shape index (κ2) is 15.7. The van der Waals surface area contributed by atoms with E-state index in [1.807, 2.05) is 23.5 Å². The number of aliphatic imine (C=N–C) groups is 2. The molecule has 0 aromatic rings. The number of thioether (sulfide) groups is 5. The third-order valence-electron chi connectivity index (χ3n) is 2.33. The molecule has 11 heteroatoms. The van der Waals surface area contributed by atoms with Crippen LogP contribution in [0.1, 0.15) is 0 Å². The van der Waals surface area contributed by atoms with Gasteiger partial charge in [0, 0.05) is 53.9 Å². The molecule has 0 aliphatic rings. The Balaban J connectivity index is 4.02. The Hall–Kier alpha value is 0.160. The third kappa shape index (κ3) is 15.4. The molecule has 0 aliphatic heterocycles. The van der Waals surface area contributed by atoms with E-state index in [1.165, 1.54) is 11.8 Å². The molecule has 0 saturated heterocycles. The zero-order valence-corrected chi connectivity index (χ0v) is 17.6. The van der Waals surface area contributed by atoms with Crippen molar-refractivity contribution in [3.63, 3.8) is 0 Å². The Morgan fingerprint density at radius 1 is 0.870 bits per heavy atom. The van der Waals surface area contributed by atoms with Gasteiger partial charge in [0.1, 0.15) is 0 Å². The molecule has 0 aliphatic carbocycles. The van der Waals surface area contributed by atoms with Crippen LogP contribution in [0.5, 0.6) is 0 Å². The Kier molecular flexibility index (Phi) is 15.8. The molecule has 23 heavy (non-hydrogen) atoms. The fourth-order valence-electron chi connectivity index (χ4n) is 1.24. The molecule has 0 bridgehead atoms. The number of nitrogens with one attached hydrogen (secondary N) is 1. The zero-order valence-electron chi connectivity index (χ0n) is 13.5. The van der Waals surface area contributed by atoms with Crippen LogP contribution in [-0.4, -0.2) is 69.4 Å². The SMILES string of the molecule is C/N=C(/N)SCCSCC(CS/C(N)=N/C)SCCSC(=N)N. The third-order valence-corrected chi connectivity index (χ3v) is 8.30. The van der Waals surface area contributed by atoms with Crippen molar-refractivity contribution < 1.29 is 0 Å². The molecule has 0 rings (SSSR count). The number of amidine groups is 3. The van der Waals surface area contributed by atoms with E-state index in [2.05, 4.69) is 9.98 Å². The van der Waals surface area contributed by atoms with E-state index >= 15 is 0 Å². The van der Waals surface area contributed by atoms with E-state index in [9.17, 15) is 0 Å². The Morgan fingerprint density at radius 2 is 1.48 bits per heavy atom. The highest BCUT2D eigenvalue weighted by molar-refractivity contribution is 8.16. The standard InChI is InChI=1S/C12H26N6S5/c1-17-11(15)22-4-3-19-7-9(8-23-12(16)18-2)20-5-6-21-10(13)14/h9H,3-8H2,1-2H3,(H3,13,14)(H2,15,17)(H2,16,18). The summed E-state index contributed by atoms with van der Waals surface area (Å²) in [6, 6.07) is 0. The van der Waals surface area contributed by atoms with Crippen molar-refractivity contribution in [2.24, 2.45) is 27.2 Å². The van der Waals surface area contributed by atoms with Gasteiger partial charge in [-0.1, -0.05) is 35.3 Å². The van der Waals surface area contributed by atoms with Crippen LogP contribution in [0, 0.1) is 5.41 Å². The summed E-state index contributed by atoms with van der Waals surface area (Å²) in [5, 5.41) is 9.16. The number of hydrogen-bond acceptors (Lipinski definition) is 8. The predicted octanol–water partition coefficient (Wildman–Crippen LogP) is 1.80. The normalized spacial score (nSPS) is 14.0. The monoisotopic (exact) mass is 414 g/mol. The van der Waals surface area contributed by atoms with E-state index in [4.69, 9.17) is 22.6 Å². The van der Waals surface area contributed by atoms with Gasteiger partial charge in [-0.05, 0) is 0 Å². The smallest absolute Gasteiger partial charge is 0.153 e. The second-order valence-corrected chi connectivity index (χ2v) is 9.91. The Morgan fingerprint density at radius 3 is 2.09 bits per heavy atom. The van der Waals surface area contributed by atoms with Gasteiger partial charge >= 0.3 is 0 Å². The molecular weight excluding hydrogens is 389 g/mol. The van der Waals surface area contributed by atoms with Crippen LogP contribution in [-0.2, 0) is 0 Å². The van der Waals surface area contributed by atoms with Crippen molar-refractivity contribution in [2.75, 3.05) is 48.6 Å². The summed E-state index contributed by atoms with van der Waals surface area (Å²) >= 11 is 8.40. The van der Waals surface area contributed by atoms with Crippen molar-refractivity contribution in [3.05, 3.63) is 0 Å². The van der Waals surface area contributed by atoms with Crippen molar-refractivity contribution in [1.82, 2.24) is 0 Å². The molecule has 0 aromatic heterocycles. The molecular formula is C12H26N6S5. The lowest BCUT2D eigenvalue weighted by atomic mass is 10.5. The second-order valence-electron chi connectivity index (χ2n) is 4.06. The van der Waals surface area contributed by atoms with Crippen LogP contribution in [0.2, 0.25) is 0 Å². The maximum Gasteiger partial charge on any atom is 0.153 e.